The molecule has 0 unspecified atom stereocenters. The van der Waals surface area contributed by atoms with Crippen LogP contribution >= 0.6 is 27.5 Å². The third-order valence-electron chi connectivity index (χ3n) is 2.18. The van der Waals surface area contributed by atoms with E-state index >= 15 is 0 Å². The van der Waals surface area contributed by atoms with Crippen molar-refractivity contribution in [1.29, 1.82) is 0 Å². The molecule has 3 nitrogen and oxygen atoms in total. The lowest BCUT2D eigenvalue weighted by atomic mass is 10.0. The lowest BCUT2D eigenvalue weighted by Gasteiger charge is -2.13. The fourth-order valence-electron chi connectivity index (χ4n) is 1.40. The second-order valence-corrected chi connectivity index (χ2v) is 4.49. The summed E-state index contributed by atoms with van der Waals surface area (Å²) in [5, 5.41) is 0. The third kappa shape index (κ3) is 4.10. The molecule has 0 spiro atoms. The maximum Gasteiger partial charge on any atom is 0.387 e. The number of ether oxygens (including phenoxy) is 2. The number of hydrogen-bond donors (Lipinski definition) is 0. The molecule has 0 aliphatic heterocycles. The largest absolute Gasteiger partial charge is 0.469 e. The summed E-state index contributed by atoms with van der Waals surface area (Å²) in [5.74, 6) is -0.572. The SMILES string of the molecule is COC(=O)Cc1cc(Br)cc(OC(F)F)c1CCl. The van der Waals surface area contributed by atoms with E-state index in [4.69, 9.17) is 11.6 Å². The average molecular weight is 344 g/mol. The van der Waals surface area contributed by atoms with Crippen molar-refractivity contribution in [2.24, 2.45) is 0 Å². The summed E-state index contributed by atoms with van der Waals surface area (Å²) >= 11 is 8.87. The van der Waals surface area contributed by atoms with Crippen LogP contribution < -0.4 is 4.74 Å². The highest BCUT2D eigenvalue weighted by atomic mass is 79.9. The summed E-state index contributed by atoms with van der Waals surface area (Å²) in [6.45, 7) is -2.95. The lowest BCUT2D eigenvalue weighted by molar-refractivity contribution is -0.139. The van der Waals surface area contributed by atoms with E-state index in [0.717, 1.165) is 0 Å². The number of esters is 1. The minimum atomic E-state index is -2.95. The van der Waals surface area contributed by atoms with Gasteiger partial charge >= 0.3 is 12.6 Å². The van der Waals surface area contributed by atoms with E-state index in [1.54, 1.807) is 6.07 Å². The van der Waals surface area contributed by atoms with Gasteiger partial charge in [-0.15, -0.1) is 11.6 Å². The summed E-state index contributed by atoms with van der Waals surface area (Å²) in [7, 11) is 1.25. The number of carbonyl (C=O) groups is 1. The Bertz CT molecular complexity index is 441. The van der Waals surface area contributed by atoms with Crippen LogP contribution in [0.25, 0.3) is 0 Å². The molecule has 0 aliphatic rings. The van der Waals surface area contributed by atoms with Crippen molar-refractivity contribution in [2.45, 2.75) is 18.9 Å². The number of hydrogen-bond acceptors (Lipinski definition) is 3. The molecule has 0 N–H and O–H groups in total. The highest BCUT2D eigenvalue weighted by Crippen LogP contribution is 2.31. The van der Waals surface area contributed by atoms with E-state index in [1.807, 2.05) is 0 Å². The number of alkyl halides is 3. The van der Waals surface area contributed by atoms with Gasteiger partial charge in [0.2, 0.25) is 0 Å². The molecule has 0 saturated carbocycles. The standard InChI is InChI=1S/C11H10BrClF2O3/c1-17-10(16)3-6-2-7(12)4-9(8(6)5-13)18-11(14)15/h2,4,11H,3,5H2,1H3. The van der Waals surface area contributed by atoms with Crippen molar-refractivity contribution in [3.05, 3.63) is 27.7 Å². The van der Waals surface area contributed by atoms with Crippen molar-refractivity contribution in [2.75, 3.05) is 7.11 Å². The lowest BCUT2D eigenvalue weighted by Crippen LogP contribution is -2.10. The Morgan fingerprint density at radius 2 is 2.17 bits per heavy atom. The molecule has 0 heterocycles. The summed E-state index contributed by atoms with van der Waals surface area (Å²) in [4.78, 5) is 11.2. The van der Waals surface area contributed by atoms with Crippen LogP contribution in [0.5, 0.6) is 5.75 Å². The van der Waals surface area contributed by atoms with Gasteiger partial charge in [-0.2, -0.15) is 8.78 Å². The molecule has 1 aromatic rings. The molecular weight excluding hydrogens is 333 g/mol. The van der Waals surface area contributed by atoms with Gasteiger partial charge < -0.3 is 9.47 Å². The first-order valence-corrected chi connectivity index (χ1v) is 6.19. The predicted molar refractivity (Wildman–Crippen MR) is 66.1 cm³/mol. The molecule has 1 rings (SSSR count). The Morgan fingerprint density at radius 1 is 1.50 bits per heavy atom. The highest BCUT2D eigenvalue weighted by molar-refractivity contribution is 9.10. The minimum absolute atomic E-state index is 0.0400. The summed E-state index contributed by atoms with van der Waals surface area (Å²) in [6, 6.07) is 3.00. The monoisotopic (exact) mass is 342 g/mol. The van der Waals surface area contributed by atoms with Crippen LogP contribution in [0.4, 0.5) is 8.78 Å². The fraction of sp³-hybridized carbons (Fsp3) is 0.364. The molecule has 0 aromatic heterocycles. The Labute approximate surface area is 116 Å². The van der Waals surface area contributed by atoms with Crippen LogP contribution in [-0.4, -0.2) is 19.7 Å². The predicted octanol–water partition coefficient (Wildman–Crippen LogP) is 3.50. The quantitative estimate of drug-likeness (QED) is 0.606. The maximum absolute atomic E-state index is 12.3. The van der Waals surface area contributed by atoms with Crippen molar-refractivity contribution in [1.82, 2.24) is 0 Å². The van der Waals surface area contributed by atoms with Crippen molar-refractivity contribution in [3.63, 3.8) is 0 Å². The molecule has 0 fully saturated rings. The Kier molecular flexibility index (Phi) is 5.81. The molecule has 7 heteroatoms. The number of carbonyl (C=O) groups excluding carboxylic acids is 1. The first-order valence-electron chi connectivity index (χ1n) is 4.86. The van der Waals surface area contributed by atoms with Crippen LogP contribution in [0.2, 0.25) is 0 Å². The van der Waals surface area contributed by atoms with Gasteiger partial charge in [-0.05, 0) is 17.7 Å². The van der Waals surface area contributed by atoms with E-state index in [1.165, 1.54) is 13.2 Å². The van der Waals surface area contributed by atoms with E-state index in [2.05, 4.69) is 25.4 Å². The molecule has 18 heavy (non-hydrogen) atoms. The summed E-state index contributed by atoms with van der Waals surface area (Å²) in [5.41, 5.74) is 0.840. The Balaban J connectivity index is 3.15. The minimum Gasteiger partial charge on any atom is -0.469 e. The van der Waals surface area contributed by atoms with Crippen LogP contribution in [-0.2, 0) is 21.8 Å². The summed E-state index contributed by atoms with van der Waals surface area (Å²) < 4.78 is 33.9. The van der Waals surface area contributed by atoms with E-state index in [0.29, 0.717) is 15.6 Å². The number of methoxy groups -OCH3 is 1. The van der Waals surface area contributed by atoms with Crippen molar-refractivity contribution >= 4 is 33.5 Å². The van der Waals surface area contributed by atoms with Crippen molar-refractivity contribution < 1.29 is 23.0 Å². The molecule has 0 amide bonds. The zero-order valence-corrected chi connectivity index (χ0v) is 11.7. The number of benzene rings is 1. The zero-order chi connectivity index (χ0) is 13.7. The molecular formula is C11H10BrClF2O3. The summed E-state index contributed by atoms with van der Waals surface area (Å²) in [6.07, 6.45) is -0.0579. The molecule has 0 aliphatic carbocycles. The third-order valence-corrected chi connectivity index (χ3v) is 2.90. The topological polar surface area (TPSA) is 35.5 Å². The molecule has 0 saturated heterocycles. The van der Waals surface area contributed by atoms with E-state index < -0.39 is 12.6 Å². The first kappa shape index (κ1) is 15.2. The van der Waals surface area contributed by atoms with E-state index in [9.17, 15) is 13.6 Å². The van der Waals surface area contributed by atoms with Gasteiger partial charge in [0.05, 0.1) is 19.4 Å². The zero-order valence-electron chi connectivity index (χ0n) is 9.38. The van der Waals surface area contributed by atoms with Gasteiger partial charge in [0.15, 0.2) is 0 Å². The highest BCUT2D eigenvalue weighted by Gasteiger charge is 2.16. The average Bonchev–Trinajstić information content (AvgIpc) is 2.27. The fourth-order valence-corrected chi connectivity index (χ4v) is 2.19. The second kappa shape index (κ2) is 6.89. The second-order valence-electron chi connectivity index (χ2n) is 3.31. The van der Waals surface area contributed by atoms with Gasteiger partial charge in [0, 0.05) is 10.0 Å². The Hall–Kier alpha value is -0.880. The van der Waals surface area contributed by atoms with Gasteiger partial charge in [0.1, 0.15) is 5.75 Å². The van der Waals surface area contributed by atoms with Crippen molar-refractivity contribution in [3.8, 4) is 5.75 Å². The van der Waals surface area contributed by atoms with Crippen LogP contribution in [0.15, 0.2) is 16.6 Å². The Morgan fingerprint density at radius 3 is 2.67 bits per heavy atom. The van der Waals surface area contributed by atoms with Crippen LogP contribution in [0, 0.1) is 0 Å². The molecule has 0 atom stereocenters. The normalized spacial score (nSPS) is 10.6. The van der Waals surface area contributed by atoms with Crippen LogP contribution in [0.1, 0.15) is 11.1 Å². The molecule has 0 bridgehead atoms. The van der Waals surface area contributed by atoms with Gasteiger partial charge in [-0.25, -0.2) is 0 Å². The molecule has 1 aromatic carbocycles. The first-order chi connectivity index (χ1) is 8.47. The maximum atomic E-state index is 12.3. The van der Waals surface area contributed by atoms with E-state index in [-0.39, 0.29) is 18.1 Å². The van der Waals surface area contributed by atoms with Gasteiger partial charge in [-0.1, -0.05) is 15.9 Å². The van der Waals surface area contributed by atoms with Crippen LogP contribution in [0.3, 0.4) is 0 Å². The van der Waals surface area contributed by atoms with Gasteiger partial charge in [0.25, 0.3) is 0 Å². The van der Waals surface area contributed by atoms with Gasteiger partial charge in [-0.3, -0.25) is 4.79 Å². The molecule has 0 radical (unpaired) electrons. The number of halogens is 4. The number of rotatable bonds is 5. The molecule has 100 valence electrons. The smallest absolute Gasteiger partial charge is 0.387 e.